The molecule has 0 aliphatic carbocycles. The number of hydrogen-bond acceptors (Lipinski definition) is 4. The lowest BCUT2D eigenvalue weighted by molar-refractivity contribution is -0.384. The second-order valence-corrected chi connectivity index (χ2v) is 3.22. The highest BCUT2D eigenvalue weighted by Crippen LogP contribution is 2.38. The summed E-state index contributed by atoms with van der Waals surface area (Å²) in [5.74, 6) is 0. The molecule has 0 saturated carbocycles. The van der Waals surface area contributed by atoms with Crippen LogP contribution >= 0.6 is 0 Å². The quantitative estimate of drug-likeness (QED) is 0.481. The van der Waals surface area contributed by atoms with E-state index in [1.165, 1.54) is 6.08 Å². The maximum Gasteiger partial charge on any atom is 0.301 e. The predicted molar refractivity (Wildman–Crippen MR) is 66.7 cm³/mol. The first-order valence-corrected chi connectivity index (χ1v) is 4.65. The van der Waals surface area contributed by atoms with E-state index >= 15 is 0 Å². The van der Waals surface area contributed by atoms with E-state index in [2.05, 4.69) is 23.6 Å². The van der Waals surface area contributed by atoms with Crippen LogP contribution in [0.5, 0.6) is 0 Å². The zero-order valence-corrected chi connectivity index (χ0v) is 9.28. The van der Waals surface area contributed by atoms with Crippen molar-refractivity contribution in [1.82, 2.24) is 0 Å². The van der Waals surface area contributed by atoms with Gasteiger partial charge in [-0.1, -0.05) is 12.7 Å². The van der Waals surface area contributed by atoms with E-state index in [4.69, 9.17) is 0 Å². The number of aryl methyl sites for hydroxylation is 1. The molecule has 0 saturated heterocycles. The van der Waals surface area contributed by atoms with Gasteiger partial charge in [0.05, 0.1) is 16.2 Å². The molecule has 5 heteroatoms. The van der Waals surface area contributed by atoms with Crippen LogP contribution in [-0.4, -0.2) is 18.7 Å². The van der Waals surface area contributed by atoms with Crippen LogP contribution in [0, 0.1) is 17.0 Å². The fourth-order valence-corrected chi connectivity index (χ4v) is 1.64. The predicted octanol–water partition coefficient (Wildman–Crippen LogP) is 2.92. The Kier molecular flexibility index (Phi) is 3.40. The Morgan fingerprint density at radius 1 is 1.62 bits per heavy atom. The van der Waals surface area contributed by atoms with Gasteiger partial charge < -0.3 is 5.32 Å². The van der Waals surface area contributed by atoms with Gasteiger partial charge >= 0.3 is 5.69 Å². The molecule has 0 atom stereocenters. The number of rotatable bonds is 4. The van der Waals surface area contributed by atoms with Gasteiger partial charge in [0.25, 0.3) is 0 Å². The molecule has 0 aliphatic heterocycles. The lowest BCUT2D eigenvalue weighted by Gasteiger charge is -2.10. The van der Waals surface area contributed by atoms with Gasteiger partial charge in [-0.05, 0) is 25.3 Å². The molecule has 0 spiro atoms. The van der Waals surface area contributed by atoms with Crippen LogP contribution in [0.1, 0.15) is 11.1 Å². The second-order valence-electron chi connectivity index (χ2n) is 3.22. The first kappa shape index (κ1) is 11.9. The summed E-state index contributed by atoms with van der Waals surface area (Å²) in [4.78, 5) is 14.4. The summed E-state index contributed by atoms with van der Waals surface area (Å²) in [5.41, 5.74) is 2.07. The van der Waals surface area contributed by atoms with Gasteiger partial charge in [-0.25, -0.2) is 0 Å². The average Bonchev–Trinajstić information content (AvgIpc) is 2.27. The molecule has 1 rings (SSSR count). The number of nitrogens with zero attached hydrogens (tertiary/aromatic N) is 2. The van der Waals surface area contributed by atoms with Crippen LogP contribution in [0.4, 0.5) is 17.1 Å². The molecule has 5 nitrogen and oxygen atoms in total. The molecule has 0 aliphatic rings. The molecule has 0 aromatic heterocycles. The zero-order chi connectivity index (χ0) is 12.3. The van der Waals surface area contributed by atoms with Gasteiger partial charge in [0.2, 0.25) is 0 Å². The van der Waals surface area contributed by atoms with Gasteiger partial charge in [0.1, 0.15) is 5.69 Å². The largest absolute Gasteiger partial charge is 0.382 e. The average molecular weight is 219 g/mol. The zero-order valence-electron chi connectivity index (χ0n) is 9.28. The smallest absolute Gasteiger partial charge is 0.301 e. The highest BCUT2D eigenvalue weighted by molar-refractivity contribution is 5.83. The number of benzene rings is 1. The van der Waals surface area contributed by atoms with Crippen LogP contribution in [0.25, 0.3) is 6.08 Å². The molecule has 1 aromatic carbocycles. The van der Waals surface area contributed by atoms with Crippen molar-refractivity contribution in [3.05, 3.63) is 33.9 Å². The molecular weight excluding hydrogens is 206 g/mol. The molecule has 84 valence electrons. The Bertz CT molecular complexity index is 467. The van der Waals surface area contributed by atoms with Crippen molar-refractivity contribution >= 4 is 29.9 Å². The molecule has 0 heterocycles. The van der Waals surface area contributed by atoms with Crippen molar-refractivity contribution in [2.75, 3.05) is 12.4 Å². The number of anilines is 1. The van der Waals surface area contributed by atoms with Crippen molar-refractivity contribution < 1.29 is 4.92 Å². The summed E-state index contributed by atoms with van der Waals surface area (Å²) in [6.07, 6.45) is 1.42. The Labute approximate surface area is 93.7 Å². The summed E-state index contributed by atoms with van der Waals surface area (Å²) in [7, 11) is 1.64. The van der Waals surface area contributed by atoms with Crippen LogP contribution in [0.15, 0.2) is 17.6 Å². The van der Waals surface area contributed by atoms with E-state index in [9.17, 15) is 10.1 Å². The molecule has 0 amide bonds. The normalized spacial score (nSPS) is 9.62. The second kappa shape index (κ2) is 4.57. The minimum atomic E-state index is -0.440. The highest BCUT2D eigenvalue weighted by atomic mass is 16.6. The molecule has 0 radical (unpaired) electrons. The lowest BCUT2D eigenvalue weighted by atomic mass is 10.0. The van der Waals surface area contributed by atoms with Crippen molar-refractivity contribution in [2.45, 2.75) is 6.92 Å². The standard InChI is InChI=1S/C11H13N3O2/c1-5-8-9(12-3)6-7(2)10(13-4)11(8)14(15)16/h5-6,13H,1,3H2,2,4H3. The van der Waals surface area contributed by atoms with E-state index in [0.29, 0.717) is 16.9 Å². The molecular formula is C11H13N3O2. The Hall–Kier alpha value is -2.17. The summed E-state index contributed by atoms with van der Waals surface area (Å²) in [6.45, 7) is 8.74. The summed E-state index contributed by atoms with van der Waals surface area (Å²) in [5, 5.41) is 13.9. The van der Waals surface area contributed by atoms with Gasteiger partial charge in [-0.15, -0.1) is 0 Å². The molecule has 0 fully saturated rings. The van der Waals surface area contributed by atoms with Crippen LogP contribution < -0.4 is 5.32 Å². The third-order valence-electron chi connectivity index (χ3n) is 2.32. The monoisotopic (exact) mass is 219 g/mol. The van der Waals surface area contributed by atoms with Crippen molar-refractivity contribution in [3.63, 3.8) is 0 Å². The Morgan fingerprint density at radius 3 is 2.62 bits per heavy atom. The van der Waals surface area contributed by atoms with Gasteiger partial charge in [-0.2, -0.15) is 0 Å². The van der Waals surface area contributed by atoms with Gasteiger partial charge in [-0.3, -0.25) is 15.1 Å². The number of nitro groups is 1. The summed E-state index contributed by atoms with van der Waals surface area (Å²) >= 11 is 0. The first-order valence-electron chi connectivity index (χ1n) is 4.65. The fraction of sp³-hybridized carbons (Fsp3) is 0.182. The van der Waals surface area contributed by atoms with E-state index in [-0.39, 0.29) is 5.69 Å². The lowest BCUT2D eigenvalue weighted by Crippen LogP contribution is -2.01. The van der Waals surface area contributed by atoms with Gasteiger partial charge in [0, 0.05) is 7.05 Å². The topological polar surface area (TPSA) is 67.5 Å². The highest BCUT2D eigenvalue weighted by Gasteiger charge is 2.22. The molecule has 1 aromatic rings. The van der Waals surface area contributed by atoms with Gasteiger partial charge in [0.15, 0.2) is 0 Å². The third-order valence-corrected chi connectivity index (χ3v) is 2.32. The maximum atomic E-state index is 11.0. The summed E-state index contributed by atoms with van der Waals surface area (Å²) < 4.78 is 0. The van der Waals surface area contributed by atoms with Crippen LogP contribution in [-0.2, 0) is 0 Å². The fourth-order valence-electron chi connectivity index (χ4n) is 1.64. The van der Waals surface area contributed by atoms with Crippen LogP contribution in [0.3, 0.4) is 0 Å². The van der Waals surface area contributed by atoms with Crippen LogP contribution in [0.2, 0.25) is 0 Å². The minimum absolute atomic E-state index is 0.0140. The Morgan fingerprint density at radius 2 is 2.25 bits per heavy atom. The number of aliphatic imine (C=N–C) groups is 1. The number of nitrogens with one attached hydrogen (secondary N) is 1. The van der Waals surface area contributed by atoms with Crippen molar-refractivity contribution in [3.8, 4) is 0 Å². The minimum Gasteiger partial charge on any atom is -0.382 e. The van der Waals surface area contributed by atoms with Crippen molar-refractivity contribution in [1.29, 1.82) is 0 Å². The molecule has 0 unspecified atom stereocenters. The molecule has 1 N–H and O–H groups in total. The van der Waals surface area contributed by atoms with E-state index in [1.54, 1.807) is 20.0 Å². The Balaban J connectivity index is 3.73. The number of nitro benzene ring substituents is 1. The molecule has 16 heavy (non-hydrogen) atoms. The maximum absolute atomic E-state index is 11.0. The molecule has 0 bridgehead atoms. The summed E-state index contributed by atoms with van der Waals surface area (Å²) in [6, 6.07) is 1.74. The number of hydrogen-bond donors (Lipinski definition) is 1. The SMILES string of the molecule is C=Cc1c(N=C)cc(C)c(NC)c1[N+](=O)[O-]. The first-order chi connectivity index (χ1) is 7.56. The van der Waals surface area contributed by atoms with E-state index in [0.717, 1.165) is 5.56 Å². The van der Waals surface area contributed by atoms with E-state index in [1.807, 2.05) is 0 Å². The third kappa shape index (κ3) is 1.79. The van der Waals surface area contributed by atoms with Crippen molar-refractivity contribution in [2.24, 2.45) is 4.99 Å². The van der Waals surface area contributed by atoms with E-state index < -0.39 is 4.92 Å².